The van der Waals surface area contributed by atoms with Gasteiger partial charge in [0.2, 0.25) is 0 Å². The van der Waals surface area contributed by atoms with Crippen LogP contribution in [0.25, 0.3) is 0 Å². The normalized spacial score (nSPS) is 11.5. The highest BCUT2D eigenvalue weighted by Crippen LogP contribution is 2.00. The summed E-state index contributed by atoms with van der Waals surface area (Å²) in [5.41, 5.74) is 4.97. The van der Waals surface area contributed by atoms with E-state index < -0.39 is 5.91 Å². The Kier molecular flexibility index (Phi) is 5.15. The first kappa shape index (κ1) is 9.94. The molecule has 0 aromatic rings. The fourth-order valence-corrected chi connectivity index (χ4v) is 0.765. The van der Waals surface area contributed by atoms with Crippen molar-refractivity contribution in [2.24, 2.45) is 10.9 Å². The third kappa shape index (κ3) is 4.36. The van der Waals surface area contributed by atoms with Gasteiger partial charge in [-0.25, -0.2) is 0 Å². The van der Waals surface area contributed by atoms with Crippen LogP contribution < -0.4 is 5.73 Å². The molecule has 0 bridgehead atoms. The molecule has 4 nitrogen and oxygen atoms in total. The van der Waals surface area contributed by atoms with Gasteiger partial charge in [0.15, 0.2) is 0 Å². The Morgan fingerprint density at radius 2 is 2.18 bits per heavy atom. The van der Waals surface area contributed by atoms with E-state index in [1.54, 1.807) is 0 Å². The van der Waals surface area contributed by atoms with E-state index in [4.69, 9.17) is 10.9 Å². The maximum Gasteiger partial charge on any atom is 0.266 e. The van der Waals surface area contributed by atoms with Crippen LogP contribution >= 0.6 is 0 Å². The van der Waals surface area contributed by atoms with Crippen molar-refractivity contribution in [3.8, 4) is 0 Å². The molecule has 0 atom stereocenters. The van der Waals surface area contributed by atoms with Gasteiger partial charge in [0.25, 0.3) is 5.91 Å². The van der Waals surface area contributed by atoms with Gasteiger partial charge in [-0.2, -0.15) is 0 Å². The van der Waals surface area contributed by atoms with E-state index in [0.717, 1.165) is 19.3 Å². The zero-order valence-electron chi connectivity index (χ0n) is 6.71. The predicted octanol–water partition coefficient (Wildman–Crippen LogP) is 0.882. The lowest BCUT2D eigenvalue weighted by Gasteiger charge is -1.97. The van der Waals surface area contributed by atoms with Crippen LogP contribution in [-0.4, -0.2) is 16.8 Å². The minimum absolute atomic E-state index is 0.0680. The van der Waals surface area contributed by atoms with Gasteiger partial charge in [-0.05, 0) is 12.8 Å². The lowest BCUT2D eigenvalue weighted by Crippen LogP contribution is -2.23. The number of carbonyl (C=O) groups excluding carboxylic acids is 1. The van der Waals surface area contributed by atoms with Crippen LogP contribution in [0.2, 0.25) is 0 Å². The molecule has 0 aliphatic carbocycles. The first-order chi connectivity index (χ1) is 5.22. The van der Waals surface area contributed by atoms with Crippen molar-refractivity contribution in [3.05, 3.63) is 0 Å². The van der Waals surface area contributed by atoms with Gasteiger partial charge >= 0.3 is 0 Å². The number of amides is 1. The number of carbonyl (C=O) groups is 1. The van der Waals surface area contributed by atoms with Crippen LogP contribution in [0, 0.1) is 0 Å². The van der Waals surface area contributed by atoms with E-state index in [1.807, 2.05) is 0 Å². The SMILES string of the molecule is CCCCCC(=NO)C(N)=O. The third-order valence-electron chi connectivity index (χ3n) is 1.42. The van der Waals surface area contributed by atoms with Crippen molar-refractivity contribution in [3.63, 3.8) is 0 Å². The van der Waals surface area contributed by atoms with E-state index in [0.29, 0.717) is 6.42 Å². The molecule has 64 valence electrons. The van der Waals surface area contributed by atoms with E-state index in [-0.39, 0.29) is 5.71 Å². The van der Waals surface area contributed by atoms with Crippen molar-refractivity contribution in [2.45, 2.75) is 32.6 Å². The van der Waals surface area contributed by atoms with Gasteiger partial charge in [0.05, 0.1) is 0 Å². The lowest BCUT2D eigenvalue weighted by molar-refractivity contribution is -0.112. The minimum Gasteiger partial charge on any atom is -0.410 e. The average molecular weight is 158 g/mol. The highest BCUT2D eigenvalue weighted by atomic mass is 16.4. The molecule has 0 heterocycles. The maximum absolute atomic E-state index is 10.5. The van der Waals surface area contributed by atoms with Crippen LogP contribution in [0.3, 0.4) is 0 Å². The molecule has 4 heteroatoms. The van der Waals surface area contributed by atoms with Crippen LogP contribution in [0.1, 0.15) is 32.6 Å². The van der Waals surface area contributed by atoms with Crippen molar-refractivity contribution in [2.75, 3.05) is 0 Å². The summed E-state index contributed by atoms with van der Waals surface area (Å²) < 4.78 is 0. The predicted molar refractivity (Wildman–Crippen MR) is 42.6 cm³/mol. The summed E-state index contributed by atoms with van der Waals surface area (Å²) in [4.78, 5) is 10.5. The Labute approximate surface area is 66.1 Å². The molecule has 0 aromatic carbocycles. The molecule has 0 unspecified atom stereocenters. The Balaban J connectivity index is 3.63. The fraction of sp³-hybridized carbons (Fsp3) is 0.714. The molecular weight excluding hydrogens is 144 g/mol. The smallest absolute Gasteiger partial charge is 0.266 e. The van der Waals surface area contributed by atoms with Gasteiger partial charge in [0.1, 0.15) is 5.71 Å². The van der Waals surface area contributed by atoms with Gasteiger partial charge < -0.3 is 10.9 Å². The second-order valence-corrected chi connectivity index (χ2v) is 2.37. The Hall–Kier alpha value is -1.06. The maximum atomic E-state index is 10.5. The molecule has 0 aliphatic rings. The Bertz CT molecular complexity index is 155. The number of hydrogen-bond donors (Lipinski definition) is 2. The zero-order valence-corrected chi connectivity index (χ0v) is 6.71. The molecule has 0 radical (unpaired) electrons. The highest BCUT2D eigenvalue weighted by Gasteiger charge is 2.05. The van der Waals surface area contributed by atoms with Crippen LogP contribution in [0.4, 0.5) is 0 Å². The van der Waals surface area contributed by atoms with E-state index in [2.05, 4.69) is 12.1 Å². The Morgan fingerprint density at radius 1 is 1.55 bits per heavy atom. The number of nitrogens with zero attached hydrogens (tertiary/aromatic N) is 1. The molecule has 3 N–H and O–H groups in total. The van der Waals surface area contributed by atoms with Crippen molar-refractivity contribution in [1.29, 1.82) is 0 Å². The molecular formula is C7H14N2O2. The molecule has 0 spiro atoms. The number of nitrogens with two attached hydrogens (primary N) is 1. The molecule has 0 fully saturated rings. The van der Waals surface area contributed by atoms with Gasteiger partial charge in [-0.3, -0.25) is 4.79 Å². The van der Waals surface area contributed by atoms with Crippen LogP contribution in [0.15, 0.2) is 5.16 Å². The minimum atomic E-state index is -0.636. The highest BCUT2D eigenvalue weighted by molar-refractivity contribution is 6.38. The van der Waals surface area contributed by atoms with Crippen molar-refractivity contribution in [1.82, 2.24) is 0 Å². The number of hydrogen-bond acceptors (Lipinski definition) is 3. The number of oxime groups is 1. The van der Waals surface area contributed by atoms with Gasteiger partial charge in [-0.1, -0.05) is 24.9 Å². The topological polar surface area (TPSA) is 75.7 Å². The van der Waals surface area contributed by atoms with E-state index in [1.165, 1.54) is 0 Å². The largest absolute Gasteiger partial charge is 0.410 e. The third-order valence-corrected chi connectivity index (χ3v) is 1.42. The fourth-order valence-electron chi connectivity index (χ4n) is 0.765. The van der Waals surface area contributed by atoms with E-state index >= 15 is 0 Å². The van der Waals surface area contributed by atoms with Crippen molar-refractivity contribution < 1.29 is 10.0 Å². The molecule has 0 rings (SSSR count). The van der Waals surface area contributed by atoms with Crippen LogP contribution in [-0.2, 0) is 4.79 Å². The summed E-state index contributed by atoms with van der Waals surface area (Å²) in [6.45, 7) is 2.06. The zero-order chi connectivity index (χ0) is 8.69. The van der Waals surface area contributed by atoms with E-state index in [9.17, 15) is 4.79 Å². The second-order valence-electron chi connectivity index (χ2n) is 2.37. The molecule has 11 heavy (non-hydrogen) atoms. The standard InChI is InChI=1S/C7H14N2O2/c1-2-3-4-5-6(9-11)7(8)10/h11H,2-5H2,1H3,(H2,8,10). The Morgan fingerprint density at radius 3 is 2.55 bits per heavy atom. The summed E-state index contributed by atoms with van der Waals surface area (Å²) in [5.74, 6) is -0.636. The number of unbranched alkanes of at least 4 members (excludes halogenated alkanes) is 2. The second kappa shape index (κ2) is 5.70. The number of primary amides is 1. The summed E-state index contributed by atoms with van der Waals surface area (Å²) in [5, 5.41) is 11.1. The molecule has 1 amide bonds. The van der Waals surface area contributed by atoms with Gasteiger partial charge in [0, 0.05) is 0 Å². The number of rotatable bonds is 5. The average Bonchev–Trinajstić information content (AvgIpc) is 1.97. The van der Waals surface area contributed by atoms with Crippen molar-refractivity contribution >= 4 is 11.6 Å². The molecule has 0 aliphatic heterocycles. The first-order valence-corrected chi connectivity index (χ1v) is 3.73. The summed E-state index contributed by atoms with van der Waals surface area (Å²) in [6.07, 6.45) is 3.41. The monoisotopic (exact) mass is 158 g/mol. The quantitative estimate of drug-likeness (QED) is 0.270. The summed E-state index contributed by atoms with van der Waals surface area (Å²) in [6, 6.07) is 0. The van der Waals surface area contributed by atoms with Crippen LogP contribution in [0.5, 0.6) is 0 Å². The first-order valence-electron chi connectivity index (χ1n) is 3.73. The van der Waals surface area contributed by atoms with Gasteiger partial charge in [-0.15, -0.1) is 0 Å². The molecule has 0 aromatic heterocycles. The summed E-state index contributed by atoms with van der Waals surface area (Å²) >= 11 is 0. The molecule has 0 saturated carbocycles. The molecule has 0 saturated heterocycles. The lowest BCUT2D eigenvalue weighted by atomic mass is 10.1. The summed E-state index contributed by atoms with van der Waals surface area (Å²) in [7, 11) is 0.